The first-order valence-corrected chi connectivity index (χ1v) is 11.9. The van der Waals surface area contributed by atoms with E-state index in [9.17, 15) is 14.4 Å². The van der Waals surface area contributed by atoms with E-state index in [0.717, 1.165) is 49.1 Å². The molecule has 0 bridgehead atoms. The number of nitrogens with one attached hydrogen (secondary N) is 1. The molecule has 1 aromatic carbocycles. The minimum absolute atomic E-state index is 0.0406. The van der Waals surface area contributed by atoms with Gasteiger partial charge < -0.3 is 19.6 Å². The Morgan fingerprint density at radius 2 is 2.00 bits per heavy atom. The Hall–Kier alpha value is -3.10. The molecule has 2 aliphatic heterocycles. The number of benzene rings is 1. The highest BCUT2D eigenvalue weighted by atomic mass is 16.5. The molecule has 1 aromatic rings. The van der Waals surface area contributed by atoms with Crippen molar-refractivity contribution in [2.24, 2.45) is 10.9 Å². The van der Waals surface area contributed by atoms with Crippen LogP contribution >= 0.6 is 0 Å². The number of aliphatic carboxylic acids is 1. The normalized spacial score (nSPS) is 17.3. The summed E-state index contributed by atoms with van der Waals surface area (Å²) in [6.45, 7) is 1.89. The Morgan fingerprint density at radius 3 is 2.79 bits per heavy atom. The van der Waals surface area contributed by atoms with Crippen molar-refractivity contribution in [3.63, 3.8) is 0 Å². The number of ether oxygens (including phenoxy) is 1. The number of guanidine groups is 1. The SMILES string of the molecule is O=C(O)CN(CC1CCCC1)C(=O)CCCCCOc1ccc2c(c1)N=C1NC(=O)CN1C2. The molecule has 0 unspecified atom stereocenters. The smallest absolute Gasteiger partial charge is 0.323 e. The minimum Gasteiger partial charge on any atom is -0.494 e. The molecule has 0 spiro atoms. The van der Waals surface area contributed by atoms with Gasteiger partial charge in [0.2, 0.25) is 17.8 Å². The molecule has 0 aromatic heterocycles. The molecule has 0 radical (unpaired) electrons. The number of amides is 2. The Morgan fingerprint density at radius 1 is 1.18 bits per heavy atom. The first-order chi connectivity index (χ1) is 16.0. The number of hydrogen-bond acceptors (Lipinski definition) is 6. The largest absolute Gasteiger partial charge is 0.494 e. The van der Waals surface area contributed by atoms with Gasteiger partial charge in [0.05, 0.1) is 12.3 Å². The Kier molecular flexibility index (Phi) is 7.47. The van der Waals surface area contributed by atoms with E-state index in [4.69, 9.17) is 9.84 Å². The van der Waals surface area contributed by atoms with E-state index < -0.39 is 5.97 Å². The maximum Gasteiger partial charge on any atom is 0.323 e. The number of fused-ring (bicyclic) bond motifs is 2. The summed E-state index contributed by atoms with van der Waals surface area (Å²) in [4.78, 5) is 43.2. The van der Waals surface area contributed by atoms with Gasteiger partial charge in [0.25, 0.3) is 0 Å². The average molecular weight is 457 g/mol. The van der Waals surface area contributed by atoms with Crippen molar-refractivity contribution >= 4 is 29.4 Å². The van der Waals surface area contributed by atoms with Crippen LogP contribution in [-0.2, 0) is 20.9 Å². The maximum absolute atomic E-state index is 12.5. The van der Waals surface area contributed by atoms with Crippen molar-refractivity contribution in [1.29, 1.82) is 0 Å². The number of carboxylic acid groups (broad SMARTS) is 1. The van der Waals surface area contributed by atoms with Gasteiger partial charge in [-0.1, -0.05) is 18.9 Å². The van der Waals surface area contributed by atoms with Crippen LogP contribution in [0.15, 0.2) is 23.2 Å². The molecule has 33 heavy (non-hydrogen) atoms. The lowest BCUT2D eigenvalue weighted by Gasteiger charge is -2.24. The van der Waals surface area contributed by atoms with E-state index in [0.29, 0.717) is 44.5 Å². The van der Waals surface area contributed by atoms with Crippen LogP contribution < -0.4 is 10.1 Å². The van der Waals surface area contributed by atoms with Crippen LogP contribution in [0.2, 0.25) is 0 Å². The summed E-state index contributed by atoms with van der Waals surface area (Å²) in [5, 5.41) is 11.9. The number of hydrogen-bond donors (Lipinski definition) is 2. The monoisotopic (exact) mass is 456 g/mol. The van der Waals surface area contributed by atoms with Gasteiger partial charge in [-0.3, -0.25) is 19.7 Å². The lowest BCUT2D eigenvalue weighted by atomic mass is 10.1. The van der Waals surface area contributed by atoms with Gasteiger partial charge in [-0.2, -0.15) is 0 Å². The summed E-state index contributed by atoms with van der Waals surface area (Å²) < 4.78 is 5.86. The summed E-state index contributed by atoms with van der Waals surface area (Å²) >= 11 is 0. The number of rotatable bonds is 11. The van der Waals surface area contributed by atoms with Crippen LogP contribution in [0.1, 0.15) is 56.9 Å². The molecule has 2 N–H and O–H groups in total. The molecule has 0 atom stereocenters. The molecule has 2 heterocycles. The van der Waals surface area contributed by atoms with E-state index in [2.05, 4.69) is 10.3 Å². The molecule has 1 aliphatic carbocycles. The highest BCUT2D eigenvalue weighted by Gasteiger charge is 2.29. The predicted octanol–water partition coefficient (Wildman–Crippen LogP) is 2.66. The molecule has 9 nitrogen and oxygen atoms in total. The van der Waals surface area contributed by atoms with E-state index in [1.165, 1.54) is 17.7 Å². The van der Waals surface area contributed by atoms with Gasteiger partial charge in [0, 0.05) is 25.6 Å². The van der Waals surface area contributed by atoms with Gasteiger partial charge >= 0.3 is 5.97 Å². The van der Waals surface area contributed by atoms with Crippen LogP contribution in [0.3, 0.4) is 0 Å². The number of carbonyl (C=O) groups is 3. The van der Waals surface area contributed by atoms with Crippen molar-refractivity contribution in [2.45, 2.75) is 57.9 Å². The summed E-state index contributed by atoms with van der Waals surface area (Å²) in [7, 11) is 0. The van der Waals surface area contributed by atoms with Crippen LogP contribution in [0, 0.1) is 5.92 Å². The number of carbonyl (C=O) groups excluding carboxylic acids is 2. The molecular weight excluding hydrogens is 424 g/mol. The highest BCUT2D eigenvalue weighted by molar-refractivity contribution is 6.05. The van der Waals surface area contributed by atoms with E-state index >= 15 is 0 Å². The van der Waals surface area contributed by atoms with Crippen LogP contribution in [-0.4, -0.2) is 64.9 Å². The van der Waals surface area contributed by atoms with Crippen molar-refractivity contribution in [2.75, 3.05) is 26.2 Å². The topological polar surface area (TPSA) is 112 Å². The fourth-order valence-electron chi connectivity index (χ4n) is 4.74. The third-order valence-electron chi connectivity index (χ3n) is 6.47. The third kappa shape index (κ3) is 6.24. The zero-order valence-electron chi connectivity index (χ0n) is 18.9. The second kappa shape index (κ2) is 10.7. The van der Waals surface area contributed by atoms with Gasteiger partial charge in [-0.15, -0.1) is 0 Å². The summed E-state index contributed by atoms with van der Waals surface area (Å²) in [6, 6.07) is 5.79. The summed E-state index contributed by atoms with van der Waals surface area (Å²) in [6.07, 6.45) is 7.26. The maximum atomic E-state index is 12.5. The molecule has 2 fully saturated rings. The van der Waals surface area contributed by atoms with E-state index in [1.54, 1.807) is 0 Å². The quantitative estimate of drug-likeness (QED) is 0.495. The zero-order chi connectivity index (χ0) is 23.2. The number of nitrogens with zero attached hydrogens (tertiary/aromatic N) is 3. The van der Waals surface area contributed by atoms with Gasteiger partial charge in [0.1, 0.15) is 18.8 Å². The predicted molar refractivity (Wildman–Crippen MR) is 122 cm³/mol. The lowest BCUT2D eigenvalue weighted by Crippen LogP contribution is -2.38. The van der Waals surface area contributed by atoms with Crippen LogP contribution in [0.25, 0.3) is 0 Å². The second-order valence-corrected chi connectivity index (χ2v) is 9.11. The Labute approximate surface area is 193 Å². The fourth-order valence-corrected chi connectivity index (χ4v) is 4.74. The van der Waals surface area contributed by atoms with Crippen molar-refractivity contribution in [3.05, 3.63) is 23.8 Å². The Bertz CT molecular complexity index is 925. The van der Waals surface area contributed by atoms with Gasteiger partial charge in [-0.05, 0) is 49.7 Å². The molecule has 9 heteroatoms. The first-order valence-electron chi connectivity index (χ1n) is 11.9. The van der Waals surface area contributed by atoms with Gasteiger partial charge in [0.15, 0.2) is 0 Å². The molecular formula is C24H32N4O5. The molecule has 2 amide bonds. The first kappa shape index (κ1) is 23.1. The van der Waals surface area contributed by atoms with Crippen molar-refractivity contribution < 1.29 is 24.2 Å². The number of aliphatic imine (C=N–C) groups is 1. The summed E-state index contributed by atoms with van der Waals surface area (Å²) in [5.41, 5.74) is 1.87. The van der Waals surface area contributed by atoms with Crippen LogP contribution in [0.5, 0.6) is 5.75 Å². The third-order valence-corrected chi connectivity index (χ3v) is 6.47. The lowest BCUT2D eigenvalue weighted by molar-refractivity contribution is -0.145. The van der Waals surface area contributed by atoms with Crippen LogP contribution in [0.4, 0.5) is 5.69 Å². The summed E-state index contributed by atoms with van der Waals surface area (Å²) in [5.74, 6) is 0.716. The molecule has 3 aliphatic rings. The molecule has 4 rings (SSSR count). The molecule has 1 saturated carbocycles. The Balaban J connectivity index is 1.17. The van der Waals surface area contributed by atoms with Crippen molar-refractivity contribution in [1.82, 2.24) is 15.1 Å². The standard InChI is InChI=1S/C24H32N4O5/c29-21-15-28-14-18-9-10-19(12-20(18)25-24(28)26-21)33-11-5-1-2-8-22(30)27(16-23(31)32)13-17-6-3-4-7-17/h9-10,12,17H,1-8,11,13-16H2,(H,31,32)(H,25,26,29). The average Bonchev–Trinajstić information content (AvgIpc) is 3.41. The van der Waals surface area contributed by atoms with Crippen molar-refractivity contribution in [3.8, 4) is 5.75 Å². The van der Waals surface area contributed by atoms with Gasteiger partial charge in [-0.25, -0.2) is 4.99 Å². The molecule has 178 valence electrons. The second-order valence-electron chi connectivity index (χ2n) is 9.11. The molecule has 1 saturated heterocycles. The highest BCUT2D eigenvalue weighted by Crippen LogP contribution is 2.31. The minimum atomic E-state index is -0.951. The number of unbranched alkanes of at least 4 members (excludes halogenated alkanes) is 2. The fraction of sp³-hybridized carbons (Fsp3) is 0.583. The zero-order valence-corrected chi connectivity index (χ0v) is 18.9. The number of carboxylic acids is 1. The van der Waals surface area contributed by atoms with E-state index in [-0.39, 0.29) is 18.4 Å². The van der Waals surface area contributed by atoms with E-state index in [1.807, 2.05) is 23.1 Å².